The second-order valence-corrected chi connectivity index (χ2v) is 5.75. The highest BCUT2D eigenvalue weighted by Crippen LogP contribution is 2.35. The van der Waals surface area contributed by atoms with Crippen molar-refractivity contribution in [2.75, 3.05) is 20.2 Å². The summed E-state index contributed by atoms with van der Waals surface area (Å²) in [4.78, 5) is 2.39. The minimum absolute atomic E-state index is 0.0681. The van der Waals surface area contributed by atoms with Gasteiger partial charge in [0.25, 0.3) is 0 Å². The van der Waals surface area contributed by atoms with Crippen LogP contribution in [-0.2, 0) is 6.54 Å². The molecule has 0 radical (unpaired) electrons. The molecule has 0 saturated heterocycles. The molecule has 1 atom stereocenters. The van der Waals surface area contributed by atoms with Crippen molar-refractivity contribution >= 4 is 0 Å². The Labute approximate surface area is 128 Å². The first-order valence-electron chi connectivity index (χ1n) is 7.78. The van der Waals surface area contributed by atoms with E-state index in [0.717, 1.165) is 37.5 Å². The van der Waals surface area contributed by atoms with Crippen molar-refractivity contribution < 1.29 is 4.74 Å². The van der Waals surface area contributed by atoms with Crippen molar-refractivity contribution in [1.29, 1.82) is 0 Å². The van der Waals surface area contributed by atoms with E-state index in [2.05, 4.69) is 50.0 Å². The van der Waals surface area contributed by atoms with E-state index in [1.165, 1.54) is 0 Å². The first-order chi connectivity index (χ1) is 9.97. The summed E-state index contributed by atoms with van der Waals surface area (Å²) >= 11 is 0. The van der Waals surface area contributed by atoms with Crippen LogP contribution in [0.15, 0.2) is 6.20 Å². The summed E-state index contributed by atoms with van der Waals surface area (Å²) in [5.74, 6) is 6.70. The Balaban J connectivity index is 3.28. The van der Waals surface area contributed by atoms with Crippen molar-refractivity contribution in [3.8, 4) is 5.75 Å². The van der Waals surface area contributed by atoms with Gasteiger partial charge in [0.15, 0.2) is 5.75 Å². The van der Waals surface area contributed by atoms with Crippen LogP contribution < -0.4 is 16.0 Å². The number of methoxy groups -OCH3 is 1. The zero-order valence-electron chi connectivity index (χ0n) is 14.3. The molecule has 0 aliphatic heterocycles. The molecule has 1 rings (SSSR count). The average molecular weight is 297 g/mol. The Morgan fingerprint density at radius 1 is 1.38 bits per heavy atom. The summed E-state index contributed by atoms with van der Waals surface area (Å²) in [6.07, 6.45) is 2.79. The SMILES string of the molecule is CCCn1ncc(OC)c1C(NN)C(C)(C)N(CC)CC. The van der Waals surface area contributed by atoms with Gasteiger partial charge in [-0.2, -0.15) is 5.10 Å². The van der Waals surface area contributed by atoms with E-state index in [9.17, 15) is 0 Å². The van der Waals surface area contributed by atoms with Crippen molar-refractivity contribution in [2.24, 2.45) is 5.84 Å². The van der Waals surface area contributed by atoms with Gasteiger partial charge < -0.3 is 4.74 Å². The second-order valence-electron chi connectivity index (χ2n) is 5.75. The fourth-order valence-corrected chi connectivity index (χ4v) is 3.05. The van der Waals surface area contributed by atoms with Crippen LogP contribution in [0.2, 0.25) is 0 Å². The maximum Gasteiger partial charge on any atom is 0.161 e. The predicted molar refractivity (Wildman–Crippen MR) is 86.1 cm³/mol. The quantitative estimate of drug-likeness (QED) is 0.538. The third-order valence-electron chi connectivity index (χ3n) is 4.23. The molecular weight excluding hydrogens is 266 g/mol. The number of hydrazine groups is 1. The number of nitrogens with zero attached hydrogens (tertiary/aromatic N) is 3. The molecule has 0 aromatic carbocycles. The van der Waals surface area contributed by atoms with Gasteiger partial charge in [-0.05, 0) is 33.4 Å². The summed E-state index contributed by atoms with van der Waals surface area (Å²) in [5, 5.41) is 4.45. The maximum atomic E-state index is 5.91. The van der Waals surface area contributed by atoms with E-state index >= 15 is 0 Å². The molecule has 122 valence electrons. The van der Waals surface area contributed by atoms with Gasteiger partial charge in [0.1, 0.15) is 5.69 Å². The molecule has 6 heteroatoms. The lowest BCUT2D eigenvalue weighted by Crippen LogP contribution is -2.54. The van der Waals surface area contributed by atoms with Gasteiger partial charge in [0.2, 0.25) is 0 Å². The van der Waals surface area contributed by atoms with Gasteiger partial charge in [0, 0.05) is 12.1 Å². The van der Waals surface area contributed by atoms with Gasteiger partial charge >= 0.3 is 0 Å². The van der Waals surface area contributed by atoms with Crippen LogP contribution in [0, 0.1) is 0 Å². The summed E-state index contributed by atoms with van der Waals surface area (Å²) in [6.45, 7) is 13.7. The smallest absolute Gasteiger partial charge is 0.161 e. The van der Waals surface area contributed by atoms with Crippen LogP contribution in [0.4, 0.5) is 0 Å². The van der Waals surface area contributed by atoms with Crippen molar-refractivity contribution in [3.63, 3.8) is 0 Å². The van der Waals surface area contributed by atoms with Gasteiger partial charge in [-0.1, -0.05) is 20.8 Å². The van der Waals surface area contributed by atoms with Crippen molar-refractivity contribution in [3.05, 3.63) is 11.9 Å². The fraction of sp³-hybridized carbons (Fsp3) is 0.800. The summed E-state index contributed by atoms with van der Waals surface area (Å²) < 4.78 is 7.49. The Hall–Kier alpha value is -1.11. The summed E-state index contributed by atoms with van der Waals surface area (Å²) in [7, 11) is 1.68. The van der Waals surface area contributed by atoms with E-state index in [1.54, 1.807) is 13.3 Å². The number of rotatable bonds is 9. The summed E-state index contributed by atoms with van der Waals surface area (Å²) in [6, 6.07) is -0.0681. The van der Waals surface area contributed by atoms with Gasteiger partial charge in [0.05, 0.1) is 19.3 Å². The largest absolute Gasteiger partial charge is 0.493 e. The molecule has 21 heavy (non-hydrogen) atoms. The molecule has 0 fully saturated rings. The Morgan fingerprint density at radius 2 is 2.00 bits per heavy atom. The molecule has 0 spiro atoms. The number of nitrogens with two attached hydrogens (primary N) is 1. The Bertz CT molecular complexity index is 426. The van der Waals surface area contributed by atoms with Crippen molar-refractivity contribution in [2.45, 2.75) is 59.2 Å². The lowest BCUT2D eigenvalue weighted by Gasteiger charge is -2.43. The van der Waals surface area contributed by atoms with Crippen molar-refractivity contribution in [1.82, 2.24) is 20.1 Å². The van der Waals surface area contributed by atoms with Crippen LogP contribution in [0.25, 0.3) is 0 Å². The van der Waals surface area contributed by atoms with Crippen LogP contribution in [0.5, 0.6) is 5.75 Å². The lowest BCUT2D eigenvalue weighted by atomic mass is 9.89. The molecular formula is C15H31N5O. The fourth-order valence-electron chi connectivity index (χ4n) is 3.05. The molecule has 1 heterocycles. The predicted octanol–water partition coefficient (Wildman–Crippen LogP) is 1.93. The number of hydrogen-bond donors (Lipinski definition) is 2. The Morgan fingerprint density at radius 3 is 2.43 bits per heavy atom. The molecule has 1 aromatic heterocycles. The standard InChI is InChI=1S/C15H31N5O/c1-7-10-20-13(12(21-6)11-17-20)14(18-16)15(4,5)19(8-2)9-3/h11,14,18H,7-10,16H2,1-6H3. The van der Waals surface area contributed by atoms with E-state index in [1.807, 2.05) is 4.68 Å². The first kappa shape index (κ1) is 17.9. The van der Waals surface area contributed by atoms with Crippen LogP contribution >= 0.6 is 0 Å². The van der Waals surface area contributed by atoms with E-state index < -0.39 is 0 Å². The topological polar surface area (TPSA) is 68.3 Å². The van der Waals surface area contributed by atoms with E-state index in [4.69, 9.17) is 10.6 Å². The zero-order chi connectivity index (χ0) is 16.0. The molecule has 3 N–H and O–H groups in total. The molecule has 0 aliphatic carbocycles. The lowest BCUT2D eigenvalue weighted by molar-refractivity contribution is 0.0862. The van der Waals surface area contributed by atoms with Crippen LogP contribution in [-0.4, -0.2) is 40.4 Å². The molecule has 0 saturated carbocycles. The van der Waals surface area contributed by atoms with Crippen LogP contribution in [0.3, 0.4) is 0 Å². The molecule has 1 aromatic rings. The molecule has 0 amide bonds. The van der Waals surface area contributed by atoms with Crippen LogP contribution in [0.1, 0.15) is 52.8 Å². The molecule has 0 aliphatic rings. The maximum absolute atomic E-state index is 5.91. The second kappa shape index (κ2) is 7.77. The minimum Gasteiger partial charge on any atom is -0.493 e. The highest BCUT2D eigenvalue weighted by molar-refractivity contribution is 5.31. The van der Waals surface area contributed by atoms with Gasteiger partial charge in [-0.25, -0.2) is 5.43 Å². The van der Waals surface area contributed by atoms with Gasteiger partial charge in [-0.3, -0.25) is 15.4 Å². The monoisotopic (exact) mass is 297 g/mol. The average Bonchev–Trinajstić information content (AvgIpc) is 2.84. The minimum atomic E-state index is -0.156. The number of likely N-dealkylation sites (N-methyl/N-ethyl adjacent to an activating group) is 1. The third-order valence-corrected chi connectivity index (χ3v) is 4.23. The summed E-state index contributed by atoms with van der Waals surface area (Å²) in [5.41, 5.74) is 3.84. The number of ether oxygens (including phenoxy) is 1. The third kappa shape index (κ3) is 3.56. The molecule has 6 nitrogen and oxygen atoms in total. The van der Waals surface area contributed by atoms with Gasteiger partial charge in [-0.15, -0.1) is 0 Å². The Kier molecular flexibility index (Phi) is 6.64. The molecule has 1 unspecified atom stereocenters. The van der Waals surface area contributed by atoms with E-state index in [-0.39, 0.29) is 11.6 Å². The molecule has 0 bridgehead atoms. The number of aryl methyl sites for hydroxylation is 1. The highest BCUT2D eigenvalue weighted by Gasteiger charge is 2.38. The number of aromatic nitrogens is 2. The number of hydrogen-bond acceptors (Lipinski definition) is 5. The highest BCUT2D eigenvalue weighted by atomic mass is 16.5. The zero-order valence-corrected chi connectivity index (χ0v) is 14.3. The first-order valence-corrected chi connectivity index (χ1v) is 7.78. The normalized spacial score (nSPS) is 13.7. The number of nitrogens with one attached hydrogen (secondary N) is 1. The van der Waals surface area contributed by atoms with E-state index in [0.29, 0.717) is 0 Å².